The van der Waals surface area contributed by atoms with Gasteiger partial charge in [-0.1, -0.05) is 107 Å². The molecule has 0 atom stereocenters. The van der Waals surface area contributed by atoms with Crippen LogP contribution >= 0.6 is 11.3 Å². The molecule has 3 heterocycles. The molecular formula is C42H31IrN3S-2. The number of hydrogen-bond donors (Lipinski definition) is 0. The van der Waals surface area contributed by atoms with Gasteiger partial charge in [0.25, 0.3) is 0 Å². The first-order valence-electron chi connectivity index (χ1n) is 15.3. The molecule has 1 radical (unpaired) electrons. The topological polar surface area (TPSA) is 30.7 Å². The zero-order valence-corrected chi connectivity index (χ0v) is 29.2. The van der Waals surface area contributed by atoms with Crippen LogP contribution in [0.25, 0.3) is 66.2 Å². The second kappa shape index (κ2) is 14.7. The van der Waals surface area contributed by atoms with Gasteiger partial charge in [0, 0.05) is 32.0 Å². The van der Waals surface area contributed by atoms with Crippen molar-refractivity contribution in [3.63, 3.8) is 0 Å². The molecule has 8 aromatic rings. The minimum Gasteiger partial charge on any atom is -0.333 e. The van der Waals surface area contributed by atoms with Crippen LogP contribution in [-0.4, -0.2) is 14.5 Å². The molecule has 0 unspecified atom stereocenters. The van der Waals surface area contributed by atoms with E-state index in [1.54, 1.807) is 17.5 Å². The third kappa shape index (κ3) is 6.79. The summed E-state index contributed by atoms with van der Waals surface area (Å²) < 4.78 is 3.48. The van der Waals surface area contributed by atoms with Gasteiger partial charge in [0.05, 0.1) is 16.9 Å². The quantitative estimate of drug-likeness (QED) is 0.162. The van der Waals surface area contributed by atoms with Crippen molar-refractivity contribution in [2.75, 3.05) is 0 Å². The molecule has 3 aromatic heterocycles. The number of benzene rings is 5. The van der Waals surface area contributed by atoms with Crippen LogP contribution in [0, 0.1) is 11.4 Å². The zero-order chi connectivity index (χ0) is 31.3. The number of hydrogen-bond acceptors (Lipinski definition) is 3. The third-order valence-corrected chi connectivity index (χ3v) is 8.95. The number of fused-ring (bicyclic) bond motifs is 2. The van der Waals surface area contributed by atoms with Gasteiger partial charge in [0.15, 0.2) is 0 Å². The summed E-state index contributed by atoms with van der Waals surface area (Å²) in [7, 11) is 0. The van der Waals surface area contributed by atoms with Crippen molar-refractivity contribution in [1.29, 1.82) is 0 Å². The zero-order valence-electron chi connectivity index (χ0n) is 26.0. The average molecular weight is 802 g/mol. The molecule has 231 valence electrons. The molecule has 0 saturated heterocycles. The molecule has 0 aliphatic heterocycles. The molecule has 0 aliphatic carbocycles. The summed E-state index contributed by atoms with van der Waals surface area (Å²) in [4.78, 5) is 9.30. The van der Waals surface area contributed by atoms with E-state index >= 15 is 0 Å². The number of thiophene rings is 1. The van der Waals surface area contributed by atoms with Crippen molar-refractivity contribution in [2.24, 2.45) is 0 Å². The molecule has 0 aliphatic rings. The van der Waals surface area contributed by atoms with E-state index in [-0.39, 0.29) is 20.1 Å². The Labute approximate surface area is 293 Å². The van der Waals surface area contributed by atoms with Gasteiger partial charge in [-0.05, 0) is 72.1 Å². The summed E-state index contributed by atoms with van der Waals surface area (Å²) in [5, 5.41) is 4.76. The van der Waals surface area contributed by atoms with E-state index in [0.717, 1.165) is 39.4 Å². The maximum atomic E-state index is 5.08. The van der Waals surface area contributed by atoms with E-state index in [1.807, 2.05) is 54.6 Å². The van der Waals surface area contributed by atoms with Crippen molar-refractivity contribution in [2.45, 2.75) is 13.8 Å². The molecule has 0 saturated carbocycles. The molecule has 0 spiro atoms. The third-order valence-electron chi connectivity index (χ3n) is 8.07. The SMILES string of the molecule is C/C=C(/C)c1ccc2s[c-]c(-c3nc4ccccc4n3-c3ccc(-c4ccccc4)cc3)c2c1.[Ir].[c-]1ccccc1-c1ccccn1. The van der Waals surface area contributed by atoms with Crippen molar-refractivity contribution in [1.82, 2.24) is 14.5 Å². The van der Waals surface area contributed by atoms with E-state index in [4.69, 9.17) is 4.98 Å². The van der Waals surface area contributed by atoms with Gasteiger partial charge in [-0.25, -0.2) is 0 Å². The van der Waals surface area contributed by atoms with Crippen molar-refractivity contribution in [3.05, 3.63) is 169 Å². The minimum absolute atomic E-state index is 0. The van der Waals surface area contributed by atoms with E-state index < -0.39 is 0 Å². The minimum atomic E-state index is 0. The van der Waals surface area contributed by atoms with E-state index in [2.05, 4.69) is 126 Å². The first-order chi connectivity index (χ1) is 22.7. The van der Waals surface area contributed by atoms with E-state index in [9.17, 15) is 0 Å². The van der Waals surface area contributed by atoms with Crippen LogP contribution in [0.4, 0.5) is 0 Å². The fraction of sp³-hybridized carbons (Fsp3) is 0.0476. The average Bonchev–Trinajstić information content (AvgIpc) is 3.74. The van der Waals surface area contributed by atoms with Crippen LogP contribution in [0.3, 0.4) is 0 Å². The Morgan fingerprint density at radius 1 is 0.766 bits per heavy atom. The van der Waals surface area contributed by atoms with Crippen LogP contribution in [0.15, 0.2) is 152 Å². The largest absolute Gasteiger partial charge is 0.333 e. The number of rotatable bonds is 5. The maximum absolute atomic E-state index is 5.08. The summed E-state index contributed by atoms with van der Waals surface area (Å²) in [5.41, 5.74) is 11.2. The molecule has 47 heavy (non-hydrogen) atoms. The number of imidazole rings is 1. The van der Waals surface area contributed by atoms with Crippen LogP contribution in [0.1, 0.15) is 19.4 Å². The number of aromatic nitrogens is 3. The van der Waals surface area contributed by atoms with Gasteiger partial charge >= 0.3 is 0 Å². The fourth-order valence-corrected chi connectivity index (χ4v) is 6.34. The summed E-state index contributed by atoms with van der Waals surface area (Å²) in [6, 6.07) is 51.0. The summed E-state index contributed by atoms with van der Waals surface area (Å²) in [5.74, 6) is 0.926. The normalized spacial score (nSPS) is 11.1. The molecule has 5 heteroatoms. The molecular weight excluding hydrogens is 771 g/mol. The number of pyridine rings is 1. The second-order valence-corrected chi connectivity index (χ2v) is 11.8. The van der Waals surface area contributed by atoms with Crippen molar-refractivity contribution < 1.29 is 20.1 Å². The Balaban J connectivity index is 0.000000250. The molecule has 3 nitrogen and oxygen atoms in total. The molecule has 0 N–H and O–H groups in total. The second-order valence-electron chi connectivity index (χ2n) is 10.9. The number of para-hydroxylation sites is 2. The van der Waals surface area contributed by atoms with Gasteiger partial charge in [0.2, 0.25) is 0 Å². The first-order valence-corrected chi connectivity index (χ1v) is 16.1. The first kappa shape index (κ1) is 32.0. The van der Waals surface area contributed by atoms with E-state index in [0.29, 0.717) is 0 Å². The summed E-state index contributed by atoms with van der Waals surface area (Å²) >= 11 is 1.65. The maximum Gasteiger partial charge on any atom is 0.0774 e. The van der Waals surface area contributed by atoms with Gasteiger partial charge in [0.1, 0.15) is 0 Å². The van der Waals surface area contributed by atoms with Crippen LogP contribution in [-0.2, 0) is 20.1 Å². The van der Waals surface area contributed by atoms with Gasteiger partial charge < -0.3 is 9.55 Å². The van der Waals surface area contributed by atoms with Crippen LogP contribution in [0.2, 0.25) is 0 Å². The summed E-state index contributed by atoms with van der Waals surface area (Å²) in [6.45, 7) is 4.24. The molecule has 5 aromatic carbocycles. The predicted molar refractivity (Wildman–Crippen MR) is 194 cm³/mol. The fourth-order valence-electron chi connectivity index (χ4n) is 5.52. The van der Waals surface area contributed by atoms with Gasteiger partial charge in [-0.15, -0.1) is 41.3 Å². The van der Waals surface area contributed by atoms with Gasteiger partial charge in [-0.2, -0.15) is 0 Å². The Hall–Kier alpha value is -4.93. The number of allylic oxidation sites excluding steroid dienone is 2. The smallest absolute Gasteiger partial charge is 0.0774 e. The van der Waals surface area contributed by atoms with Gasteiger partial charge in [-0.3, -0.25) is 16.3 Å². The molecule has 0 amide bonds. The van der Waals surface area contributed by atoms with Crippen molar-refractivity contribution in [3.8, 4) is 39.5 Å². The van der Waals surface area contributed by atoms with E-state index in [1.165, 1.54) is 32.3 Å². The Morgan fingerprint density at radius 2 is 1.51 bits per heavy atom. The number of nitrogens with zero attached hydrogens (tertiary/aromatic N) is 3. The molecule has 0 fully saturated rings. The van der Waals surface area contributed by atoms with Crippen LogP contribution in [0.5, 0.6) is 0 Å². The summed E-state index contributed by atoms with van der Waals surface area (Å²) in [6.07, 6.45) is 3.94. The molecule has 0 bridgehead atoms. The molecule has 8 rings (SSSR count). The predicted octanol–water partition coefficient (Wildman–Crippen LogP) is 11.3. The Morgan fingerprint density at radius 3 is 2.26 bits per heavy atom. The van der Waals surface area contributed by atoms with Crippen LogP contribution < -0.4 is 0 Å². The van der Waals surface area contributed by atoms with Crippen molar-refractivity contribution >= 4 is 38.0 Å². The monoisotopic (exact) mass is 802 g/mol. The Kier molecular flexibility index (Phi) is 9.99. The standard InChI is InChI=1S/C31H23N2S.C11H8N.Ir/c1-3-21(2)24-15-18-30-26(19-24)27(20-34-30)31-32-28-11-7-8-12-29(28)33(31)25-16-13-23(14-17-25)22-9-5-4-6-10-22;1-2-6-10(7-3-1)11-8-4-5-9-12-11;/h3-19H,1-2H3;1-6,8-9H;/q2*-1;/b21-3-;;. The Bertz CT molecular complexity index is 2220.